The van der Waals surface area contributed by atoms with Gasteiger partial charge >= 0.3 is 0 Å². The third-order valence-electron chi connectivity index (χ3n) is 3.15. The third-order valence-corrected chi connectivity index (χ3v) is 3.65. The molecule has 1 heterocycles. The molecule has 5 nitrogen and oxygen atoms in total. The highest BCUT2D eigenvalue weighted by Crippen LogP contribution is 2.33. The lowest BCUT2D eigenvalue weighted by atomic mass is 10.2. The second-order valence-electron chi connectivity index (χ2n) is 5.03. The lowest BCUT2D eigenvalue weighted by molar-refractivity contribution is 0.258. The van der Waals surface area contributed by atoms with Gasteiger partial charge in [0.2, 0.25) is 5.89 Å². The molecule has 0 aliphatic heterocycles. The molecule has 0 spiro atoms. The summed E-state index contributed by atoms with van der Waals surface area (Å²) < 4.78 is 11.0. The van der Waals surface area contributed by atoms with E-state index in [0.717, 1.165) is 5.56 Å². The number of nitrogens with one attached hydrogen (secondary N) is 1. The number of aromatic nitrogens is 2. The predicted octanol–water partition coefficient (Wildman–Crippen LogP) is 3.52. The minimum Gasteiger partial charge on any atom is -0.482 e. The highest BCUT2D eigenvalue weighted by atomic mass is 35.5. The largest absolute Gasteiger partial charge is 0.482 e. The zero-order valence-corrected chi connectivity index (χ0v) is 13.0. The van der Waals surface area contributed by atoms with Crippen LogP contribution in [0.3, 0.4) is 0 Å². The summed E-state index contributed by atoms with van der Waals surface area (Å²) in [4.78, 5) is 0. The topological polar surface area (TPSA) is 60.2 Å². The fourth-order valence-electron chi connectivity index (χ4n) is 1.98. The maximum Gasteiger partial charge on any atom is 0.253 e. The van der Waals surface area contributed by atoms with Crippen molar-refractivity contribution >= 4 is 23.2 Å². The van der Waals surface area contributed by atoms with E-state index in [0.29, 0.717) is 40.2 Å². The van der Waals surface area contributed by atoms with Crippen molar-refractivity contribution in [2.75, 3.05) is 0 Å². The maximum atomic E-state index is 6.23. The van der Waals surface area contributed by atoms with Gasteiger partial charge in [-0.3, -0.25) is 0 Å². The van der Waals surface area contributed by atoms with Crippen molar-refractivity contribution in [1.82, 2.24) is 15.5 Å². The molecule has 0 unspecified atom stereocenters. The van der Waals surface area contributed by atoms with Crippen molar-refractivity contribution in [3.8, 4) is 5.75 Å². The number of halogens is 2. The molecule has 0 bridgehead atoms. The molecule has 2 aromatic rings. The van der Waals surface area contributed by atoms with Gasteiger partial charge in [0.05, 0.1) is 5.02 Å². The number of nitrogens with zero attached hydrogens (tertiary/aromatic N) is 2. The Balaban J connectivity index is 1.74. The summed E-state index contributed by atoms with van der Waals surface area (Å²) in [7, 11) is 0. The molecule has 7 heteroatoms. The smallest absolute Gasteiger partial charge is 0.253 e. The quantitative estimate of drug-likeness (QED) is 0.879. The molecule has 21 heavy (non-hydrogen) atoms. The highest BCUT2D eigenvalue weighted by molar-refractivity contribution is 6.35. The van der Waals surface area contributed by atoms with E-state index in [4.69, 9.17) is 32.4 Å². The van der Waals surface area contributed by atoms with Gasteiger partial charge in [0.1, 0.15) is 5.75 Å². The first-order chi connectivity index (χ1) is 10.1. The molecule has 1 aromatic heterocycles. The Labute approximate surface area is 132 Å². The van der Waals surface area contributed by atoms with Gasteiger partial charge in [-0.05, 0) is 25.0 Å². The minimum absolute atomic E-state index is 0.179. The van der Waals surface area contributed by atoms with Gasteiger partial charge in [-0.2, -0.15) is 0 Å². The van der Waals surface area contributed by atoms with Crippen molar-refractivity contribution in [2.24, 2.45) is 0 Å². The van der Waals surface area contributed by atoms with Crippen molar-refractivity contribution in [1.29, 1.82) is 0 Å². The average molecular weight is 328 g/mol. The van der Waals surface area contributed by atoms with E-state index in [1.54, 1.807) is 13.0 Å². The van der Waals surface area contributed by atoms with Crippen LogP contribution in [0.2, 0.25) is 10.0 Å². The molecule has 1 aromatic carbocycles. The molecular formula is C14H15Cl2N3O2. The van der Waals surface area contributed by atoms with E-state index >= 15 is 0 Å². The maximum absolute atomic E-state index is 6.23. The van der Waals surface area contributed by atoms with E-state index in [2.05, 4.69) is 15.5 Å². The molecule has 1 aliphatic carbocycles. The van der Waals surface area contributed by atoms with E-state index in [1.807, 2.05) is 6.07 Å². The number of hydrogen-bond acceptors (Lipinski definition) is 5. The van der Waals surface area contributed by atoms with E-state index in [1.165, 1.54) is 12.8 Å². The van der Waals surface area contributed by atoms with Crippen LogP contribution in [-0.4, -0.2) is 16.2 Å². The molecule has 0 saturated heterocycles. The first kappa shape index (κ1) is 14.6. The number of aryl methyl sites for hydroxylation is 1. The highest BCUT2D eigenvalue weighted by Gasteiger charge is 2.21. The van der Waals surface area contributed by atoms with Crippen molar-refractivity contribution in [3.63, 3.8) is 0 Å². The van der Waals surface area contributed by atoms with Crippen LogP contribution in [0.25, 0.3) is 0 Å². The Morgan fingerprint density at radius 1 is 1.33 bits per heavy atom. The standard InChI is InChI=1S/C14H15Cl2N3O2/c1-8-18-19-13(21-8)7-20-14-9(6-17-11-2-3-11)4-10(15)5-12(14)16/h4-5,11,17H,2-3,6-7H2,1H3. The van der Waals surface area contributed by atoms with Crippen LogP contribution in [0.1, 0.15) is 30.2 Å². The van der Waals surface area contributed by atoms with Crippen LogP contribution in [-0.2, 0) is 13.2 Å². The Hall–Kier alpha value is -1.30. The fourth-order valence-corrected chi connectivity index (χ4v) is 2.57. The van der Waals surface area contributed by atoms with Crippen LogP contribution in [0.15, 0.2) is 16.5 Å². The molecule has 0 amide bonds. The third kappa shape index (κ3) is 3.87. The predicted molar refractivity (Wildman–Crippen MR) is 79.7 cm³/mol. The monoisotopic (exact) mass is 327 g/mol. The molecule has 3 rings (SSSR count). The second-order valence-corrected chi connectivity index (χ2v) is 5.88. The number of benzene rings is 1. The average Bonchev–Trinajstić information content (AvgIpc) is 3.17. The van der Waals surface area contributed by atoms with Crippen LogP contribution < -0.4 is 10.1 Å². The van der Waals surface area contributed by atoms with Crippen molar-refractivity contribution < 1.29 is 9.15 Å². The Bertz CT molecular complexity index is 641. The van der Waals surface area contributed by atoms with Crippen LogP contribution in [0, 0.1) is 6.92 Å². The van der Waals surface area contributed by atoms with Gasteiger partial charge in [-0.25, -0.2) is 0 Å². The molecule has 1 fully saturated rings. The first-order valence-electron chi connectivity index (χ1n) is 6.75. The van der Waals surface area contributed by atoms with Crippen molar-refractivity contribution in [2.45, 2.75) is 39.0 Å². The summed E-state index contributed by atoms with van der Waals surface area (Å²) in [6.45, 7) is 2.58. The number of rotatable bonds is 6. The normalized spacial score (nSPS) is 14.4. The van der Waals surface area contributed by atoms with Gasteiger partial charge in [0.25, 0.3) is 5.89 Å². The lowest BCUT2D eigenvalue weighted by Gasteiger charge is -2.13. The van der Waals surface area contributed by atoms with Crippen LogP contribution in [0.4, 0.5) is 0 Å². The van der Waals surface area contributed by atoms with Gasteiger partial charge in [0.15, 0.2) is 6.61 Å². The zero-order chi connectivity index (χ0) is 14.8. The van der Waals surface area contributed by atoms with Crippen molar-refractivity contribution in [3.05, 3.63) is 39.5 Å². The molecular weight excluding hydrogens is 313 g/mol. The summed E-state index contributed by atoms with van der Waals surface area (Å²) in [5, 5.41) is 12.1. The summed E-state index contributed by atoms with van der Waals surface area (Å²) in [5.74, 6) is 1.52. The van der Waals surface area contributed by atoms with Gasteiger partial charge in [-0.1, -0.05) is 23.2 Å². The van der Waals surface area contributed by atoms with Crippen LogP contribution >= 0.6 is 23.2 Å². The molecule has 1 saturated carbocycles. The van der Waals surface area contributed by atoms with E-state index < -0.39 is 0 Å². The number of hydrogen-bond donors (Lipinski definition) is 1. The second kappa shape index (κ2) is 6.22. The number of ether oxygens (including phenoxy) is 1. The molecule has 0 radical (unpaired) electrons. The first-order valence-corrected chi connectivity index (χ1v) is 7.50. The van der Waals surface area contributed by atoms with E-state index in [-0.39, 0.29) is 6.61 Å². The van der Waals surface area contributed by atoms with Gasteiger partial charge < -0.3 is 14.5 Å². The summed E-state index contributed by atoms with van der Waals surface area (Å²) in [6, 6.07) is 4.12. The zero-order valence-electron chi connectivity index (χ0n) is 11.5. The summed E-state index contributed by atoms with van der Waals surface area (Å²) in [6.07, 6.45) is 2.43. The Morgan fingerprint density at radius 3 is 2.81 bits per heavy atom. The minimum atomic E-state index is 0.179. The summed E-state index contributed by atoms with van der Waals surface area (Å²) in [5.41, 5.74) is 0.927. The lowest BCUT2D eigenvalue weighted by Crippen LogP contribution is -2.16. The summed E-state index contributed by atoms with van der Waals surface area (Å²) >= 11 is 12.3. The molecule has 112 valence electrons. The van der Waals surface area contributed by atoms with Gasteiger partial charge in [-0.15, -0.1) is 10.2 Å². The Kier molecular flexibility index (Phi) is 4.33. The fraction of sp³-hybridized carbons (Fsp3) is 0.429. The van der Waals surface area contributed by atoms with Crippen LogP contribution in [0.5, 0.6) is 5.75 Å². The van der Waals surface area contributed by atoms with E-state index in [9.17, 15) is 0 Å². The van der Waals surface area contributed by atoms with Gasteiger partial charge in [0, 0.05) is 30.1 Å². The SMILES string of the molecule is Cc1nnc(COc2c(Cl)cc(Cl)cc2CNC2CC2)o1. The molecule has 0 atom stereocenters. The molecule has 1 aliphatic rings. The Morgan fingerprint density at radius 2 is 2.14 bits per heavy atom. The molecule has 1 N–H and O–H groups in total.